The van der Waals surface area contributed by atoms with Gasteiger partial charge in [0.25, 0.3) is 5.91 Å². The Morgan fingerprint density at radius 3 is 2.57 bits per heavy atom. The monoisotopic (exact) mass is 425 g/mol. The minimum absolute atomic E-state index is 0.0588. The van der Waals surface area contributed by atoms with E-state index in [2.05, 4.69) is 28.7 Å². The van der Waals surface area contributed by atoms with Gasteiger partial charge >= 0.3 is 0 Å². The molecule has 30 heavy (non-hydrogen) atoms. The van der Waals surface area contributed by atoms with E-state index in [0.717, 1.165) is 17.3 Å². The first-order valence-corrected chi connectivity index (χ1v) is 10.8. The van der Waals surface area contributed by atoms with E-state index in [9.17, 15) is 9.18 Å². The summed E-state index contributed by atoms with van der Waals surface area (Å²) < 4.78 is 14.0. The molecule has 0 radical (unpaired) electrons. The van der Waals surface area contributed by atoms with E-state index in [1.807, 2.05) is 17.9 Å². The summed E-state index contributed by atoms with van der Waals surface area (Å²) in [4.78, 5) is 31.0. The second-order valence-corrected chi connectivity index (χ2v) is 8.70. The van der Waals surface area contributed by atoms with Crippen LogP contribution in [0.3, 0.4) is 0 Å². The lowest BCUT2D eigenvalue weighted by Crippen LogP contribution is -2.49. The number of anilines is 1. The summed E-state index contributed by atoms with van der Waals surface area (Å²) >= 11 is 1.23. The molecule has 8 heteroatoms. The normalized spacial score (nSPS) is 14.4. The number of aromatic nitrogens is 3. The zero-order valence-corrected chi connectivity index (χ0v) is 18.1. The van der Waals surface area contributed by atoms with Gasteiger partial charge in [0.15, 0.2) is 0 Å². The van der Waals surface area contributed by atoms with Gasteiger partial charge in [-0.05, 0) is 19.1 Å². The molecule has 4 rings (SSSR count). The Kier molecular flexibility index (Phi) is 5.76. The molecule has 156 valence electrons. The Labute approximate surface area is 179 Å². The van der Waals surface area contributed by atoms with Crippen LogP contribution in [-0.4, -0.2) is 51.9 Å². The highest BCUT2D eigenvalue weighted by Gasteiger charge is 2.25. The van der Waals surface area contributed by atoms with Gasteiger partial charge in [-0.1, -0.05) is 26.0 Å². The van der Waals surface area contributed by atoms with Gasteiger partial charge in [0, 0.05) is 49.4 Å². The molecule has 0 N–H and O–H groups in total. The highest BCUT2D eigenvalue weighted by molar-refractivity contribution is 7.16. The first-order valence-electron chi connectivity index (χ1n) is 10.0. The third-order valence-electron chi connectivity index (χ3n) is 5.09. The molecule has 6 nitrogen and oxygen atoms in total. The highest BCUT2D eigenvalue weighted by Crippen LogP contribution is 2.28. The number of thiazole rings is 1. The number of rotatable bonds is 4. The fraction of sp³-hybridized carbons (Fsp3) is 0.364. The Morgan fingerprint density at radius 1 is 1.13 bits per heavy atom. The molecule has 0 saturated carbocycles. The zero-order chi connectivity index (χ0) is 21.3. The second-order valence-electron chi connectivity index (χ2n) is 7.67. The molecule has 1 aliphatic rings. The third kappa shape index (κ3) is 4.18. The van der Waals surface area contributed by atoms with Crippen LogP contribution in [0.2, 0.25) is 0 Å². The van der Waals surface area contributed by atoms with Gasteiger partial charge < -0.3 is 9.80 Å². The molecular formula is C22H24FN5OS. The van der Waals surface area contributed by atoms with Crippen molar-refractivity contribution < 1.29 is 9.18 Å². The van der Waals surface area contributed by atoms with E-state index in [1.165, 1.54) is 17.4 Å². The van der Waals surface area contributed by atoms with Crippen LogP contribution in [0, 0.1) is 12.7 Å². The highest BCUT2D eigenvalue weighted by atomic mass is 32.1. The minimum atomic E-state index is -0.333. The average Bonchev–Trinajstić information content (AvgIpc) is 3.23. The standard InChI is InChI=1S/C22H24FN5OS/c1-14(2)20-25-15(3)12-19(26-20)27-8-10-28(11-9-27)22(29)18-13-24-21(30-18)16-6-4-5-7-17(16)23/h4-7,12-14H,8-11H2,1-3H3. The summed E-state index contributed by atoms with van der Waals surface area (Å²) in [5, 5.41) is 0.521. The van der Waals surface area contributed by atoms with Gasteiger partial charge in [0.05, 0.1) is 6.20 Å². The van der Waals surface area contributed by atoms with Crippen LogP contribution in [0.4, 0.5) is 10.2 Å². The molecule has 0 bridgehead atoms. The Hall–Kier alpha value is -2.87. The maximum Gasteiger partial charge on any atom is 0.265 e. The fourth-order valence-corrected chi connectivity index (χ4v) is 4.33. The first-order chi connectivity index (χ1) is 14.4. The number of hydrogen-bond acceptors (Lipinski definition) is 6. The molecule has 0 unspecified atom stereocenters. The number of piperazine rings is 1. The van der Waals surface area contributed by atoms with Gasteiger partial charge in [0.2, 0.25) is 0 Å². The Morgan fingerprint density at radius 2 is 1.87 bits per heavy atom. The predicted octanol–water partition coefficient (Wildman–Crippen LogP) is 4.13. The van der Waals surface area contributed by atoms with Crippen molar-refractivity contribution in [3.63, 3.8) is 0 Å². The molecule has 1 aliphatic heterocycles. The molecule has 2 aromatic heterocycles. The van der Waals surface area contributed by atoms with Crippen LogP contribution in [0.25, 0.3) is 10.6 Å². The summed E-state index contributed by atoms with van der Waals surface area (Å²) in [6.07, 6.45) is 1.55. The van der Waals surface area contributed by atoms with Crippen LogP contribution < -0.4 is 4.90 Å². The summed E-state index contributed by atoms with van der Waals surface area (Å²) in [6, 6.07) is 8.47. The number of nitrogens with zero attached hydrogens (tertiary/aromatic N) is 5. The van der Waals surface area contributed by atoms with Crippen LogP contribution in [0.1, 0.15) is 41.0 Å². The SMILES string of the molecule is Cc1cc(N2CCN(C(=O)c3cnc(-c4ccccc4F)s3)CC2)nc(C(C)C)n1. The van der Waals surface area contributed by atoms with Crippen LogP contribution in [-0.2, 0) is 0 Å². The Bertz CT molecular complexity index is 1060. The van der Waals surface area contributed by atoms with Gasteiger partial charge in [-0.25, -0.2) is 19.3 Å². The van der Waals surface area contributed by atoms with Gasteiger partial charge in [0.1, 0.15) is 27.3 Å². The number of carbonyl (C=O) groups is 1. The lowest BCUT2D eigenvalue weighted by Gasteiger charge is -2.35. The zero-order valence-electron chi connectivity index (χ0n) is 17.3. The number of hydrogen-bond donors (Lipinski definition) is 0. The average molecular weight is 426 g/mol. The van der Waals surface area contributed by atoms with Crippen molar-refractivity contribution in [1.29, 1.82) is 0 Å². The van der Waals surface area contributed by atoms with E-state index in [-0.39, 0.29) is 17.6 Å². The van der Waals surface area contributed by atoms with Crippen molar-refractivity contribution in [1.82, 2.24) is 19.9 Å². The second kappa shape index (κ2) is 8.47. The molecule has 1 saturated heterocycles. The van der Waals surface area contributed by atoms with Crippen molar-refractivity contribution in [2.45, 2.75) is 26.7 Å². The maximum absolute atomic E-state index is 14.0. The van der Waals surface area contributed by atoms with Crippen LogP contribution in [0.5, 0.6) is 0 Å². The van der Waals surface area contributed by atoms with E-state index >= 15 is 0 Å². The lowest BCUT2D eigenvalue weighted by molar-refractivity contribution is 0.0751. The van der Waals surface area contributed by atoms with Crippen molar-refractivity contribution in [2.24, 2.45) is 0 Å². The van der Waals surface area contributed by atoms with Crippen molar-refractivity contribution in [3.8, 4) is 10.6 Å². The smallest absolute Gasteiger partial charge is 0.265 e. The van der Waals surface area contributed by atoms with E-state index < -0.39 is 0 Å². The van der Waals surface area contributed by atoms with Crippen molar-refractivity contribution >= 4 is 23.1 Å². The van der Waals surface area contributed by atoms with Crippen molar-refractivity contribution in [2.75, 3.05) is 31.1 Å². The Balaban J connectivity index is 1.44. The summed E-state index contributed by atoms with van der Waals surface area (Å²) in [5.74, 6) is 1.63. The first kappa shape index (κ1) is 20.4. The molecule has 1 aromatic carbocycles. The number of aryl methyl sites for hydroxylation is 1. The van der Waals surface area contributed by atoms with E-state index in [1.54, 1.807) is 24.4 Å². The minimum Gasteiger partial charge on any atom is -0.353 e. The predicted molar refractivity (Wildman–Crippen MR) is 116 cm³/mol. The molecule has 0 aliphatic carbocycles. The number of halogens is 1. The quantitative estimate of drug-likeness (QED) is 0.629. The molecule has 0 spiro atoms. The number of amides is 1. The lowest BCUT2D eigenvalue weighted by atomic mass is 10.2. The van der Waals surface area contributed by atoms with E-state index in [4.69, 9.17) is 4.98 Å². The molecule has 1 amide bonds. The van der Waals surface area contributed by atoms with Gasteiger partial charge in [-0.15, -0.1) is 11.3 Å². The molecule has 3 aromatic rings. The van der Waals surface area contributed by atoms with Crippen molar-refractivity contribution in [3.05, 3.63) is 58.7 Å². The fourth-order valence-electron chi connectivity index (χ4n) is 3.42. The molecule has 3 heterocycles. The molecular weight excluding hydrogens is 401 g/mol. The third-order valence-corrected chi connectivity index (χ3v) is 6.10. The number of carbonyl (C=O) groups excluding carboxylic acids is 1. The maximum atomic E-state index is 14.0. The van der Waals surface area contributed by atoms with Gasteiger partial charge in [-0.3, -0.25) is 4.79 Å². The summed E-state index contributed by atoms with van der Waals surface area (Å²) in [6.45, 7) is 8.77. The van der Waals surface area contributed by atoms with Gasteiger partial charge in [-0.2, -0.15) is 0 Å². The van der Waals surface area contributed by atoms with Crippen LogP contribution in [0.15, 0.2) is 36.5 Å². The molecule has 0 atom stereocenters. The largest absolute Gasteiger partial charge is 0.353 e. The van der Waals surface area contributed by atoms with E-state index in [0.29, 0.717) is 41.6 Å². The molecule has 1 fully saturated rings. The van der Waals surface area contributed by atoms with Crippen LogP contribution >= 0.6 is 11.3 Å². The topological polar surface area (TPSA) is 62.2 Å². The summed E-state index contributed by atoms with van der Waals surface area (Å²) in [5.41, 5.74) is 1.37. The summed E-state index contributed by atoms with van der Waals surface area (Å²) in [7, 11) is 0. The number of benzene rings is 1.